The monoisotopic (exact) mass is 387 g/mol. The molecule has 0 saturated carbocycles. The molecule has 4 rings (SSSR count). The topological polar surface area (TPSA) is 72.3 Å². The molecule has 6 nitrogen and oxygen atoms in total. The lowest BCUT2D eigenvalue weighted by Gasteiger charge is -2.47. The average Bonchev–Trinajstić information content (AvgIpc) is 2.64. The Bertz CT molecular complexity index is 998. The molecule has 0 radical (unpaired) electrons. The van der Waals surface area contributed by atoms with Crippen LogP contribution < -0.4 is 10.5 Å². The van der Waals surface area contributed by atoms with Crippen molar-refractivity contribution < 1.29 is 8.42 Å². The molecule has 0 aromatic carbocycles. The summed E-state index contributed by atoms with van der Waals surface area (Å²) in [7, 11) is -3.25. The minimum atomic E-state index is -3.25. The molecule has 7 heteroatoms. The molecule has 0 spiro atoms. The van der Waals surface area contributed by atoms with E-state index >= 15 is 0 Å². The summed E-state index contributed by atoms with van der Waals surface area (Å²) < 4.78 is 25.4. The Kier molecular flexibility index (Phi) is 4.58. The summed E-state index contributed by atoms with van der Waals surface area (Å²) in [4.78, 5) is 19.4. The maximum Gasteiger partial charge on any atom is 0.250 e. The molecule has 3 atom stereocenters. The van der Waals surface area contributed by atoms with Gasteiger partial charge >= 0.3 is 0 Å². The highest BCUT2D eigenvalue weighted by molar-refractivity contribution is 7.90. The van der Waals surface area contributed by atoms with Crippen LogP contribution in [0.3, 0.4) is 0 Å². The van der Waals surface area contributed by atoms with E-state index in [0.29, 0.717) is 11.8 Å². The van der Waals surface area contributed by atoms with E-state index in [0.717, 1.165) is 43.9 Å². The number of fused-ring (bicyclic) bond motifs is 4. The van der Waals surface area contributed by atoms with Crippen LogP contribution in [0.1, 0.15) is 43.8 Å². The van der Waals surface area contributed by atoms with Crippen LogP contribution in [0.5, 0.6) is 0 Å². The van der Waals surface area contributed by atoms with E-state index in [1.165, 1.54) is 12.5 Å². The number of rotatable bonds is 4. The molecule has 2 bridgehead atoms. The maximum atomic E-state index is 12.5. The first-order chi connectivity index (χ1) is 12.9. The molecule has 0 aliphatic carbocycles. The van der Waals surface area contributed by atoms with Gasteiger partial charge in [0, 0.05) is 49.3 Å². The molecule has 2 aliphatic heterocycles. The number of anilines is 1. The summed E-state index contributed by atoms with van der Waals surface area (Å²) in [5, 5.41) is 0. The highest BCUT2D eigenvalue weighted by atomic mass is 32.2. The van der Waals surface area contributed by atoms with Gasteiger partial charge in [-0.1, -0.05) is 19.4 Å². The predicted molar refractivity (Wildman–Crippen MR) is 105 cm³/mol. The van der Waals surface area contributed by atoms with Crippen molar-refractivity contribution in [3.8, 4) is 0 Å². The average molecular weight is 388 g/mol. The number of pyridine rings is 2. The smallest absolute Gasteiger partial charge is 0.250 e. The van der Waals surface area contributed by atoms with Crippen LogP contribution in [-0.2, 0) is 9.84 Å². The summed E-state index contributed by atoms with van der Waals surface area (Å²) in [5.74, 6) is 1.49. The standard InChI is InChI=1S/C20H25N3O3S/c1-3-5-17-14-10-15(18-6-4-7-20(24)23(17)18)13-22(12-14)19-9-8-16(11-21-19)27(2,25)26/h4,6-9,11,14-15,17H,3,5,10,12-13H2,1-2H3/t14-,15+,17-/m0/s1. The lowest BCUT2D eigenvalue weighted by atomic mass is 9.77. The van der Waals surface area contributed by atoms with Gasteiger partial charge in [0.05, 0.1) is 4.90 Å². The van der Waals surface area contributed by atoms with Gasteiger partial charge in [-0.15, -0.1) is 0 Å². The van der Waals surface area contributed by atoms with Crippen molar-refractivity contribution in [2.24, 2.45) is 5.92 Å². The number of nitrogens with zero attached hydrogens (tertiary/aromatic N) is 3. The lowest BCUT2D eigenvalue weighted by molar-refractivity contribution is 0.201. The van der Waals surface area contributed by atoms with E-state index in [1.54, 1.807) is 18.2 Å². The molecule has 0 unspecified atom stereocenters. The fraction of sp³-hybridized carbons (Fsp3) is 0.500. The predicted octanol–water partition coefficient (Wildman–Crippen LogP) is 2.61. The Morgan fingerprint density at radius 2 is 2.00 bits per heavy atom. The van der Waals surface area contributed by atoms with Crippen molar-refractivity contribution in [1.29, 1.82) is 0 Å². The summed E-state index contributed by atoms with van der Waals surface area (Å²) in [5.41, 5.74) is 1.22. The minimum absolute atomic E-state index is 0.102. The first kappa shape index (κ1) is 18.2. The van der Waals surface area contributed by atoms with Crippen LogP contribution in [0.4, 0.5) is 5.82 Å². The fourth-order valence-corrected chi connectivity index (χ4v) is 5.23. The molecule has 27 heavy (non-hydrogen) atoms. The van der Waals surface area contributed by atoms with Crippen LogP contribution in [-0.4, -0.2) is 37.3 Å². The third-order valence-corrected chi connectivity index (χ3v) is 6.95. The molecular formula is C20H25N3O3S. The van der Waals surface area contributed by atoms with Gasteiger partial charge in [0.2, 0.25) is 0 Å². The minimum Gasteiger partial charge on any atom is -0.356 e. The molecule has 144 valence electrons. The summed E-state index contributed by atoms with van der Waals surface area (Å²) in [6, 6.07) is 9.24. The molecule has 0 N–H and O–H groups in total. The molecular weight excluding hydrogens is 362 g/mol. The zero-order valence-corrected chi connectivity index (χ0v) is 16.5. The van der Waals surface area contributed by atoms with Crippen LogP contribution in [0, 0.1) is 5.92 Å². The van der Waals surface area contributed by atoms with E-state index in [-0.39, 0.29) is 16.5 Å². The number of piperidine rings is 1. The molecule has 4 heterocycles. The van der Waals surface area contributed by atoms with Gasteiger partial charge in [-0.3, -0.25) is 4.79 Å². The van der Waals surface area contributed by atoms with E-state index in [4.69, 9.17) is 0 Å². The first-order valence-corrected chi connectivity index (χ1v) is 11.4. The zero-order chi connectivity index (χ0) is 19.2. The summed E-state index contributed by atoms with van der Waals surface area (Å²) in [6.45, 7) is 3.79. The van der Waals surface area contributed by atoms with Crippen molar-refractivity contribution in [3.63, 3.8) is 0 Å². The Labute approximate surface area is 159 Å². The quantitative estimate of drug-likeness (QED) is 0.806. The van der Waals surface area contributed by atoms with Crippen molar-refractivity contribution in [2.75, 3.05) is 24.2 Å². The normalized spacial score (nSPS) is 24.5. The third-order valence-electron chi connectivity index (χ3n) is 5.86. The Hall–Kier alpha value is -2.15. The highest BCUT2D eigenvalue weighted by Crippen LogP contribution is 2.43. The zero-order valence-electron chi connectivity index (χ0n) is 15.7. The Morgan fingerprint density at radius 3 is 2.67 bits per heavy atom. The summed E-state index contributed by atoms with van der Waals surface area (Å²) >= 11 is 0. The Morgan fingerprint density at radius 1 is 1.19 bits per heavy atom. The van der Waals surface area contributed by atoms with E-state index in [2.05, 4.69) is 22.9 Å². The molecule has 0 amide bonds. The highest BCUT2D eigenvalue weighted by Gasteiger charge is 2.40. The number of hydrogen-bond acceptors (Lipinski definition) is 5. The van der Waals surface area contributed by atoms with Gasteiger partial charge in [0.15, 0.2) is 9.84 Å². The molecule has 2 aromatic heterocycles. The largest absolute Gasteiger partial charge is 0.356 e. The van der Waals surface area contributed by atoms with Crippen LogP contribution in [0.2, 0.25) is 0 Å². The third kappa shape index (κ3) is 3.29. The van der Waals surface area contributed by atoms with E-state index in [1.807, 2.05) is 10.6 Å². The molecule has 1 saturated heterocycles. The van der Waals surface area contributed by atoms with Crippen molar-refractivity contribution in [2.45, 2.75) is 43.0 Å². The van der Waals surface area contributed by atoms with Crippen LogP contribution in [0.15, 0.2) is 46.2 Å². The van der Waals surface area contributed by atoms with Gasteiger partial charge in [0.25, 0.3) is 5.56 Å². The van der Waals surface area contributed by atoms with E-state index < -0.39 is 9.84 Å². The lowest BCUT2D eigenvalue weighted by Crippen LogP contribution is -2.49. The molecule has 2 aliphatic rings. The number of aromatic nitrogens is 2. The van der Waals surface area contributed by atoms with Gasteiger partial charge in [-0.2, -0.15) is 0 Å². The molecule has 1 fully saturated rings. The first-order valence-electron chi connectivity index (χ1n) is 9.51. The SMILES string of the molecule is CCC[C@H]1[C@H]2C[C@H](CN(c3ccc(S(C)(=O)=O)cn3)C2)c2cccc(=O)n21. The second kappa shape index (κ2) is 6.78. The van der Waals surface area contributed by atoms with Gasteiger partial charge in [-0.05, 0) is 37.0 Å². The maximum absolute atomic E-state index is 12.5. The molecule has 2 aromatic rings. The van der Waals surface area contributed by atoms with Gasteiger partial charge < -0.3 is 9.47 Å². The van der Waals surface area contributed by atoms with Gasteiger partial charge in [0.1, 0.15) is 5.82 Å². The number of hydrogen-bond donors (Lipinski definition) is 0. The summed E-state index contributed by atoms with van der Waals surface area (Å²) in [6.07, 6.45) is 5.75. The van der Waals surface area contributed by atoms with Crippen molar-refractivity contribution >= 4 is 15.7 Å². The Balaban J connectivity index is 1.69. The number of sulfone groups is 1. The second-order valence-electron chi connectivity index (χ2n) is 7.74. The van der Waals surface area contributed by atoms with Crippen LogP contribution in [0.25, 0.3) is 0 Å². The van der Waals surface area contributed by atoms with Gasteiger partial charge in [-0.25, -0.2) is 13.4 Å². The van der Waals surface area contributed by atoms with Crippen molar-refractivity contribution in [1.82, 2.24) is 9.55 Å². The van der Waals surface area contributed by atoms with E-state index in [9.17, 15) is 13.2 Å². The van der Waals surface area contributed by atoms with Crippen molar-refractivity contribution in [3.05, 3.63) is 52.6 Å². The second-order valence-corrected chi connectivity index (χ2v) is 9.75. The fourth-order valence-electron chi connectivity index (χ4n) is 4.67. The van der Waals surface area contributed by atoms with Crippen LogP contribution >= 0.6 is 0 Å².